The minimum absolute atomic E-state index is 0.0636. The zero-order valence-electron chi connectivity index (χ0n) is 26.5. The topological polar surface area (TPSA) is 216 Å². The number of esters is 2. The third-order valence-electron chi connectivity index (χ3n) is 6.98. The van der Waals surface area contributed by atoms with Gasteiger partial charge in [-0.05, 0) is 24.8 Å². The first kappa shape index (κ1) is 39.4. The predicted molar refractivity (Wildman–Crippen MR) is 159 cm³/mol. The van der Waals surface area contributed by atoms with E-state index < -0.39 is 90.8 Å². The highest BCUT2D eigenvalue weighted by Gasteiger charge is 2.35. The SMILES string of the molecule is CC[C@H](C)[C@H](NC(=O)OCc1ccccc1)C(=O)N[C@@H](CCC(=O)OC)C(=O)N[C@H](C(=O)N[C@@H](CC(=O)OC)C(=O)CF)[C@@H](C)O. The Balaban J connectivity index is 3.14. The highest BCUT2D eigenvalue weighted by Crippen LogP contribution is 2.11. The fraction of sp³-hybridized carbons (Fsp3) is 0.567. The molecule has 0 unspecified atom stereocenters. The Morgan fingerprint density at radius 3 is 1.93 bits per heavy atom. The zero-order chi connectivity index (χ0) is 34.8. The van der Waals surface area contributed by atoms with Gasteiger partial charge in [-0.3, -0.25) is 28.8 Å². The lowest BCUT2D eigenvalue weighted by Gasteiger charge is -2.28. The maximum absolute atomic E-state index is 13.4. The number of carbonyl (C=O) groups excluding carboxylic acids is 7. The Labute approximate surface area is 266 Å². The van der Waals surface area contributed by atoms with Crippen LogP contribution in [0.3, 0.4) is 0 Å². The van der Waals surface area contributed by atoms with Crippen LogP contribution in [0.15, 0.2) is 30.3 Å². The van der Waals surface area contributed by atoms with Crippen LogP contribution in [0.2, 0.25) is 0 Å². The molecule has 0 heterocycles. The van der Waals surface area contributed by atoms with Crippen molar-refractivity contribution in [3.8, 4) is 0 Å². The van der Waals surface area contributed by atoms with E-state index in [4.69, 9.17) is 4.74 Å². The third kappa shape index (κ3) is 13.6. The van der Waals surface area contributed by atoms with Crippen LogP contribution in [0.5, 0.6) is 0 Å². The second-order valence-electron chi connectivity index (χ2n) is 10.4. The maximum Gasteiger partial charge on any atom is 0.408 e. The number of hydrogen-bond donors (Lipinski definition) is 5. The number of aliphatic hydroxyl groups excluding tert-OH is 1. The fourth-order valence-electron chi connectivity index (χ4n) is 4.00. The number of alkyl halides is 1. The van der Waals surface area contributed by atoms with Gasteiger partial charge in [-0.2, -0.15) is 0 Å². The number of alkyl carbamates (subject to hydrolysis) is 1. The monoisotopic (exact) mass is 654 g/mol. The first-order valence-electron chi connectivity index (χ1n) is 14.6. The normalized spacial score (nSPS) is 14.6. The van der Waals surface area contributed by atoms with Crippen molar-refractivity contribution >= 4 is 41.5 Å². The number of hydrogen-bond acceptors (Lipinski definition) is 11. The molecule has 4 amide bonds. The van der Waals surface area contributed by atoms with E-state index in [1.165, 1.54) is 0 Å². The van der Waals surface area contributed by atoms with Gasteiger partial charge in [0.2, 0.25) is 17.7 Å². The van der Waals surface area contributed by atoms with Crippen molar-refractivity contribution < 1.29 is 57.3 Å². The van der Waals surface area contributed by atoms with E-state index in [-0.39, 0.29) is 19.4 Å². The lowest BCUT2D eigenvalue weighted by atomic mass is 9.97. The Morgan fingerprint density at radius 2 is 1.39 bits per heavy atom. The molecule has 46 heavy (non-hydrogen) atoms. The summed E-state index contributed by atoms with van der Waals surface area (Å²) >= 11 is 0. The molecule has 0 spiro atoms. The van der Waals surface area contributed by atoms with Crippen molar-refractivity contribution in [1.29, 1.82) is 0 Å². The number of amides is 4. The first-order valence-corrected chi connectivity index (χ1v) is 14.6. The summed E-state index contributed by atoms with van der Waals surface area (Å²) in [5.41, 5.74) is 0.712. The highest BCUT2D eigenvalue weighted by molar-refractivity contribution is 5.97. The van der Waals surface area contributed by atoms with Crippen LogP contribution < -0.4 is 21.3 Å². The van der Waals surface area contributed by atoms with Crippen LogP contribution in [-0.4, -0.2) is 97.8 Å². The van der Waals surface area contributed by atoms with E-state index in [1.54, 1.807) is 44.2 Å². The molecule has 15 nitrogen and oxygen atoms in total. The summed E-state index contributed by atoms with van der Waals surface area (Å²) in [5, 5.41) is 19.6. The smallest absolute Gasteiger partial charge is 0.408 e. The number of rotatable bonds is 19. The molecule has 5 N–H and O–H groups in total. The van der Waals surface area contributed by atoms with Crippen LogP contribution in [0.1, 0.15) is 52.0 Å². The standard InChI is InChI=1S/C30H43FN4O11/c1-6-17(2)25(35-30(43)46-16-19-10-8-7-9-11-19)28(41)32-20(12-13-23(38)44-4)27(40)34-26(18(3)36)29(42)33-21(22(37)15-31)14-24(39)45-5/h7-11,17-18,20-21,25-26,36H,6,12-16H2,1-5H3,(H,32,41)(H,33,42)(H,34,40)(H,35,43)/t17-,18+,20-,21-,25-,26-/m0/s1. The van der Waals surface area contributed by atoms with Gasteiger partial charge >= 0.3 is 18.0 Å². The van der Waals surface area contributed by atoms with Crippen molar-refractivity contribution in [2.24, 2.45) is 5.92 Å². The van der Waals surface area contributed by atoms with Crippen molar-refractivity contribution in [2.75, 3.05) is 20.9 Å². The van der Waals surface area contributed by atoms with Gasteiger partial charge in [-0.1, -0.05) is 50.6 Å². The predicted octanol–water partition coefficient (Wildman–Crippen LogP) is 0.218. The molecule has 1 rings (SSSR count). The van der Waals surface area contributed by atoms with Crippen LogP contribution in [-0.2, 0) is 49.6 Å². The zero-order valence-corrected chi connectivity index (χ0v) is 26.5. The number of Topliss-reactive ketones (excluding diaryl/α,β-unsaturated/α-hetero) is 1. The third-order valence-corrected chi connectivity index (χ3v) is 6.98. The van der Waals surface area contributed by atoms with Gasteiger partial charge in [0.15, 0.2) is 5.78 Å². The van der Waals surface area contributed by atoms with Crippen LogP contribution >= 0.6 is 0 Å². The number of ether oxygens (including phenoxy) is 3. The molecular formula is C30H43FN4O11. The molecule has 1 aromatic rings. The average molecular weight is 655 g/mol. The second-order valence-corrected chi connectivity index (χ2v) is 10.4. The average Bonchev–Trinajstić information content (AvgIpc) is 3.05. The van der Waals surface area contributed by atoms with Gasteiger partial charge in [0.05, 0.1) is 26.7 Å². The van der Waals surface area contributed by atoms with E-state index in [2.05, 4.69) is 30.7 Å². The largest absolute Gasteiger partial charge is 0.469 e. The molecule has 0 aliphatic carbocycles. The van der Waals surface area contributed by atoms with Gasteiger partial charge in [-0.15, -0.1) is 0 Å². The number of carbonyl (C=O) groups is 7. The van der Waals surface area contributed by atoms with Gasteiger partial charge in [0.25, 0.3) is 0 Å². The van der Waals surface area contributed by atoms with Crippen LogP contribution in [0.4, 0.5) is 9.18 Å². The van der Waals surface area contributed by atoms with Crippen molar-refractivity contribution in [1.82, 2.24) is 21.3 Å². The van der Waals surface area contributed by atoms with E-state index in [0.717, 1.165) is 21.1 Å². The van der Waals surface area contributed by atoms with E-state index in [1.807, 2.05) is 0 Å². The summed E-state index contributed by atoms with van der Waals surface area (Å²) in [6.07, 6.45) is -3.39. The summed E-state index contributed by atoms with van der Waals surface area (Å²) in [4.78, 5) is 87.8. The lowest BCUT2D eigenvalue weighted by Crippen LogP contribution is -2.60. The van der Waals surface area contributed by atoms with E-state index in [9.17, 15) is 43.1 Å². The molecule has 0 aliphatic rings. The Kier molecular flexibility index (Phi) is 17.5. The molecule has 0 bridgehead atoms. The second kappa shape index (κ2) is 20.4. The van der Waals surface area contributed by atoms with Crippen molar-refractivity contribution in [3.05, 3.63) is 35.9 Å². The van der Waals surface area contributed by atoms with Gasteiger partial charge in [-0.25, -0.2) is 9.18 Å². The first-order chi connectivity index (χ1) is 21.8. The summed E-state index contributed by atoms with van der Waals surface area (Å²) in [6.45, 7) is 3.02. The number of benzene rings is 1. The molecule has 0 radical (unpaired) electrons. The molecular weight excluding hydrogens is 611 g/mol. The molecule has 0 fully saturated rings. The highest BCUT2D eigenvalue weighted by atomic mass is 19.1. The maximum atomic E-state index is 13.4. The number of ketones is 1. The van der Waals surface area contributed by atoms with E-state index in [0.29, 0.717) is 12.0 Å². The molecule has 6 atom stereocenters. The summed E-state index contributed by atoms with van der Waals surface area (Å²) in [5.74, 6) is -6.20. The minimum atomic E-state index is -1.74. The molecule has 256 valence electrons. The number of nitrogens with one attached hydrogen (secondary N) is 4. The Bertz CT molecular complexity index is 1200. The van der Waals surface area contributed by atoms with E-state index >= 15 is 0 Å². The van der Waals surface area contributed by atoms with Gasteiger partial charge < -0.3 is 40.6 Å². The van der Waals surface area contributed by atoms with Crippen molar-refractivity contribution in [2.45, 2.75) is 83.3 Å². The molecule has 0 aromatic heterocycles. The summed E-state index contributed by atoms with van der Waals surface area (Å²) in [6, 6.07) is 2.77. The quantitative estimate of drug-likeness (QED) is 0.100. The molecule has 0 aliphatic heterocycles. The Hall–Kier alpha value is -4.60. The summed E-state index contributed by atoms with van der Waals surface area (Å²) < 4.78 is 27.4. The fourth-order valence-corrected chi connectivity index (χ4v) is 4.00. The molecule has 1 aromatic carbocycles. The molecule has 16 heteroatoms. The number of halogens is 1. The minimum Gasteiger partial charge on any atom is -0.469 e. The molecule has 0 saturated heterocycles. The Morgan fingerprint density at radius 1 is 0.804 bits per heavy atom. The van der Waals surface area contributed by atoms with Gasteiger partial charge in [0.1, 0.15) is 37.4 Å². The summed E-state index contributed by atoms with van der Waals surface area (Å²) in [7, 11) is 2.15. The number of methoxy groups -OCH3 is 2. The number of aliphatic hydroxyl groups is 1. The van der Waals surface area contributed by atoms with Gasteiger partial charge in [0, 0.05) is 6.42 Å². The molecule has 0 saturated carbocycles. The van der Waals surface area contributed by atoms with Crippen LogP contribution in [0.25, 0.3) is 0 Å². The lowest BCUT2D eigenvalue weighted by molar-refractivity contribution is -0.144. The van der Waals surface area contributed by atoms with Crippen LogP contribution in [0, 0.1) is 5.92 Å². The van der Waals surface area contributed by atoms with Crippen molar-refractivity contribution in [3.63, 3.8) is 0 Å².